The van der Waals surface area contributed by atoms with Gasteiger partial charge in [0, 0.05) is 23.7 Å². The molecule has 0 saturated heterocycles. The Balaban J connectivity index is 2.30. The van der Waals surface area contributed by atoms with E-state index >= 15 is 0 Å². The van der Waals surface area contributed by atoms with E-state index in [1.165, 1.54) is 0 Å². The normalized spacial score (nSPS) is 11.0. The molecule has 0 spiro atoms. The van der Waals surface area contributed by atoms with Crippen molar-refractivity contribution in [3.05, 3.63) is 41.3 Å². The maximum atomic E-state index is 5.83. The molecule has 0 aliphatic heterocycles. The highest BCUT2D eigenvalue weighted by Gasteiger charge is 2.17. The van der Waals surface area contributed by atoms with E-state index in [1.54, 1.807) is 0 Å². The molecule has 1 aromatic carbocycles. The van der Waals surface area contributed by atoms with Gasteiger partial charge in [-0.15, -0.1) is 0 Å². The van der Waals surface area contributed by atoms with Crippen LogP contribution in [-0.2, 0) is 6.42 Å². The molecule has 3 aromatic rings. The number of para-hydroxylation sites is 1. The molecule has 1 N–H and O–H groups in total. The maximum absolute atomic E-state index is 5.83. The highest BCUT2D eigenvalue weighted by molar-refractivity contribution is 5.94. The zero-order valence-corrected chi connectivity index (χ0v) is 12.8. The van der Waals surface area contributed by atoms with Crippen molar-refractivity contribution in [3.8, 4) is 11.4 Å². The van der Waals surface area contributed by atoms with Crippen LogP contribution in [0.3, 0.4) is 0 Å². The van der Waals surface area contributed by atoms with Crippen LogP contribution in [0.2, 0.25) is 0 Å². The Morgan fingerprint density at radius 2 is 1.90 bits per heavy atom. The van der Waals surface area contributed by atoms with Crippen LogP contribution >= 0.6 is 0 Å². The number of benzene rings is 1. The molecule has 0 radical (unpaired) electrons. The van der Waals surface area contributed by atoms with Crippen LogP contribution in [0.25, 0.3) is 22.4 Å². The molecule has 108 valence electrons. The average molecular weight is 281 g/mol. The summed E-state index contributed by atoms with van der Waals surface area (Å²) >= 11 is 0. The lowest BCUT2D eigenvalue weighted by molar-refractivity contribution is 0.579. The Morgan fingerprint density at radius 3 is 2.62 bits per heavy atom. The molecule has 2 aromatic heterocycles. The van der Waals surface area contributed by atoms with Gasteiger partial charge in [-0.25, -0.2) is 9.97 Å². The summed E-state index contributed by atoms with van der Waals surface area (Å²) in [6.07, 6.45) is 0.880. The predicted molar refractivity (Wildman–Crippen MR) is 85.6 cm³/mol. The Kier molecular flexibility index (Phi) is 3.37. The summed E-state index contributed by atoms with van der Waals surface area (Å²) in [5.41, 5.74) is 4.03. The number of furan rings is 1. The number of anilines is 1. The van der Waals surface area contributed by atoms with Crippen LogP contribution in [0.15, 0.2) is 28.7 Å². The Hall–Kier alpha value is -2.36. The Morgan fingerprint density at radius 1 is 1.14 bits per heavy atom. The van der Waals surface area contributed by atoms with Gasteiger partial charge in [-0.2, -0.15) is 0 Å². The highest BCUT2D eigenvalue weighted by Crippen LogP contribution is 2.33. The summed E-state index contributed by atoms with van der Waals surface area (Å²) in [6, 6.07) is 8.00. The maximum Gasteiger partial charge on any atom is 0.165 e. The number of aromatic nitrogens is 2. The first-order valence-corrected chi connectivity index (χ1v) is 7.19. The molecule has 21 heavy (non-hydrogen) atoms. The molecular formula is C17H19N3O. The SMILES string of the molecule is CCc1nc(-c2c(C)oc3ccccc23)nc(NC)c1C. The quantitative estimate of drug-likeness (QED) is 0.785. The van der Waals surface area contributed by atoms with Crippen molar-refractivity contribution in [2.45, 2.75) is 27.2 Å². The van der Waals surface area contributed by atoms with Crippen LogP contribution in [0.4, 0.5) is 5.82 Å². The third-order valence-corrected chi connectivity index (χ3v) is 3.81. The second kappa shape index (κ2) is 5.20. The molecule has 0 aliphatic carbocycles. The standard InChI is InChI=1S/C17H19N3O/c1-5-13-10(2)16(18-4)20-17(19-13)15-11(3)21-14-9-7-6-8-12(14)15/h6-9H,5H2,1-4H3,(H,18,19,20). The summed E-state index contributed by atoms with van der Waals surface area (Å²) in [6.45, 7) is 6.12. The molecule has 0 atom stereocenters. The van der Waals surface area contributed by atoms with Gasteiger partial charge in [-0.3, -0.25) is 0 Å². The van der Waals surface area contributed by atoms with Crippen LogP contribution in [0, 0.1) is 13.8 Å². The first-order valence-electron chi connectivity index (χ1n) is 7.19. The average Bonchev–Trinajstić information content (AvgIpc) is 2.83. The Labute approximate surface area is 124 Å². The number of hydrogen-bond acceptors (Lipinski definition) is 4. The zero-order valence-electron chi connectivity index (χ0n) is 12.8. The third kappa shape index (κ3) is 2.17. The van der Waals surface area contributed by atoms with Crippen molar-refractivity contribution < 1.29 is 4.42 Å². The van der Waals surface area contributed by atoms with E-state index in [2.05, 4.69) is 30.2 Å². The smallest absolute Gasteiger partial charge is 0.165 e. The molecule has 4 nitrogen and oxygen atoms in total. The Bertz CT molecular complexity index is 780. The fraction of sp³-hybridized carbons (Fsp3) is 0.294. The van der Waals surface area contributed by atoms with E-state index in [0.717, 1.165) is 51.6 Å². The lowest BCUT2D eigenvalue weighted by Crippen LogP contribution is -2.04. The van der Waals surface area contributed by atoms with Gasteiger partial charge >= 0.3 is 0 Å². The zero-order chi connectivity index (χ0) is 15.0. The number of nitrogens with zero attached hydrogens (tertiary/aromatic N) is 2. The van der Waals surface area contributed by atoms with Gasteiger partial charge in [-0.05, 0) is 26.3 Å². The van der Waals surface area contributed by atoms with Crippen molar-refractivity contribution in [1.29, 1.82) is 0 Å². The fourth-order valence-corrected chi connectivity index (χ4v) is 2.71. The molecular weight excluding hydrogens is 262 g/mol. The lowest BCUT2D eigenvalue weighted by atomic mass is 10.1. The number of hydrogen-bond donors (Lipinski definition) is 1. The number of fused-ring (bicyclic) bond motifs is 1. The van der Waals surface area contributed by atoms with Gasteiger partial charge in [0.15, 0.2) is 5.82 Å². The topological polar surface area (TPSA) is 51.0 Å². The molecule has 2 heterocycles. The monoisotopic (exact) mass is 281 g/mol. The molecule has 0 aliphatic rings. The second-order valence-corrected chi connectivity index (χ2v) is 5.10. The fourth-order valence-electron chi connectivity index (χ4n) is 2.71. The third-order valence-electron chi connectivity index (χ3n) is 3.81. The van der Waals surface area contributed by atoms with Crippen molar-refractivity contribution >= 4 is 16.8 Å². The second-order valence-electron chi connectivity index (χ2n) is 5.10. The largest absolute Gasteiger partial charge is 0.461 e. The number of nitrogens with one attached hydrogen (secondary N) is 1. The number of rotatable bonds is 3. The molecule has 0 unspecified atom stereocenters. The molecule has 0 saturated carbocycles. The van der Waals surface area contributed by atoms with Crippen LogP contribution in [-0.4, -0.2) is 17.0 Å². The molecule has 0 fully saturated rings. The van der Waals surface area contributed by atoms with E-state index in [0.29, 0.717) is 0 Å². The molecule has 0 amide bonds. The summed E-state index contributed by atoms with van der Waals surface area (Å²) in [5, 5.41) is 4.22. The van der Waals surface area contributed by atoms with Crippen molar-refractivity contribution in [2.75, 3.05) is 12.4 Å². The summed E-state index contributed by atoms with van der Waals surface area (Å²) in [4.78, 5) is 9.41. The minimum absolute atomic E-state index is 0.726. The lowest BCUT2D eigenvalue weighted by Gasteiger charge is -2.11. The van der Waals surface area contributed by atoms with Gasteiger partial charge in [0.25, 0.3) is 0 Å². The van der Waals surface area contributed by atoms with Gasteiger partial charge in [0.2, 0.25) is 0 Å². The van der Waals surface area contributed by atoms with Gasteiger partial charge < -0.3 is 9.73 Å². The van der Waals surface area contributed by atoms with Gasteiger partial charge in [-0.1, -0.05) is 25.1 Å². The van der Waals surface area contributed by atoms with Crippen molar-refractivity contribution in [1.82, 2.24) is 9.97 Å². The van der Waals surface area contributed by atoms with Crippen molar-refractivity contribution in [2.24, 2.45) is 0 Å². The van der Waals surface area contributed by atoms with Gasteiger partial charge in [0.05, 0.1) is 5.56 Å². The van der Waals surface area contributed by atoms with Crippen LogP contribution < -0.4 is 5.32 Å². The van der Waals surface area contributed by atoms with Gasteiger partial charge in [0.1, 0.15) is 17.2 Å². The predicted octanol–water partition coefficient (Wildman–Crippen LogP) is 4.11. The van der Waals surface area contributed by atoms with Crippen molar-refractivity contribution in [3.63, 3.8) is 0 Å². The van der Waals surface area contributed by atoms with Crippen LogP contribution in [0.1, 0.15) is 23.9 Å². The van der Waals surface area contributed by atoms with Crippen LogP contribution in [0.5, 0.6) is 0 Å². The minimum atomic E-state index is 0.726. The molecule has 3 rings (SSSR count). The summed E-state index contributed by atoms with van der Waals surface area (Å²) < 4.78 is 5.83. The number of aryl methyl sites for hydroxylation is 2. The van der Waals surface area contributed by atoms with E-state index in [4.69, 9.17) is 9.40 Å². The first kappa shape index (κ1) is 13.6. The summed E-state index contributed by atoms with van der Waals surface area (Å²) in [5.74, 6) is 2.45. The molecule has 4 heteroatoms. The van der Waals surface area contributed by atoms with E-state index < -0.39 is 0 Å². The van der Waals surface area contributed by atoms with E-state index in [1.807, 2.05) is 32.2 Å². The summed E-state index contributed by atoms with van der Waals surface area (Å²) in [7, 11) is 1.89. The molecule has 0 bridgehead atoms. The first-order chi connectivity index (χ1) is 10.2. The minimum Gasteiger partial charge on any atom is -0.461 e. The highest BCUT2D eigenvalue weighted by atomic mass is 16.3. The van der Waals surface area contributed by atoms with E-state index in [9.17, 15) is 0 Å². The van der Waals surface area contributed by atoms with E-state index in [-0.39, 0.29) is 0 Å².